The van der Waals surface area contributed by atoms with Gasteiger partial charge in [0.25, 0.3) is 0 Å². The zero-order valence-corrected chi connectivity index (χ0v) is 44.1. The molecule has 0 heterocycles. The fourth-order valence-corrected chi connectivity index (χ4v) is 8.62. The maximum absolute atomic E-state index is 13.7. The maximum atomic E-state index is 13.7. The van der Waals surface area contributed by atoms with Crippen LogP contribution < -0.4 is 16.0 Å². The fraction of sp³-hybridized carbons (Fsp3) is 0.825. The highest BCUT2D eigenvalue weighted by molar-refractivity contribution is 5.89. The van der Waals surface area contributed by atoms with Crippen molar-refractivity contribution < 1.29 is 28.7 Å². The number of amides is 4. The predicted molar refractivity (Wildman–Crippen MR) is 280 cm³/mol. The molecule has 3 N–H and O–H groups in total. The number of carbonyl (C=O) groups is 4. The first-order valence-electron chi connectivity index (χ1n) is 28.0. The lowest BCUT2D eigenvalue weighted by molar-refractivity contribution is -0.133. The molecule has 1 aromatic carbocycles. The average molecular weight is 941 g/mol. The summed E-state index contributed by atoms with van der Waals surface area (Å²) < 4.78 is 10.8. The third-order valence-corrected chi connectivity index (χ3v) is 12.7. The molecule has 0 saturated carbocycles. The van der Waals surface area contributed by atoms with Crippen LogP contribution in [0.2, 0.25) is 0 Å². The Labute approximate surface area is 411 Å². The number of hydrogen-bond donors (Lipinski definition) is 3. The molecule has 1 atom stereocenters. The van der Waals surface area contributed by atoms with Crippen LogP contribution in [0.4, 0.5) is 9.59 Å². The molecule has 388 valence electrons. The number of ether oxygens (including phenoxy) is 2. The van der Waals surface area contributed by atoms with Gasteiger partial charge in [0.05, 0.1) is 6.54 Å². The summed E-state index contributed by atoms with van der Waals surface area (Å²) in [6, 6.07) is 8.60. The van der Waals surface area contributed by atoms with Crippen molar-refractivity contribution in [3.63, 3.8) is 0 Å². The summed E-state index contributed by atoms with van der Waals surface area (Å²) in [5, 5.41) is 8.32. The first-order valence-corrected chi connectivity index (χ1v) is 28.0. The monoisotopic (exact) mass is 941 g/mol. The molecule has 0 unspecified atom stereocenters. The molecule has 0 saturated heterocycles. The summed E-state index contributed by atoms with van der Waals surface area (Å²) in [6.07, 6.45) is 42.1. The molecule has 0 aliphatic carbocycles. The van der Waals surface area contributed by atoms with E-state index in [0.717, 1.165) is 31.2 Å². The topological polar surface area (TPSA) is 126 Å². The van der Waals surface area contributed by atoms with Crippen LogP contribution in [0, 0.1) is 0 Å². The van der Waals surface area contributed by atoms with Gasteiger partial charge in [-0.25, -0.2) is 9.59 Å². The van der Waals surface area contributed by atoms with Gasteiger partial charge in [-0.2, -0.15) is 0 Å². The highest BCUT2D eigenvalue weighted by Gasteiger charge is 2.25. The van der Waals surface area contributed by atoms with Crippen LogP contribution >= 0.6 is 0 Å². The number of alkyl carbamates (subject to hydrolysis) is 2. The second-order valence-corrected chi connectivity index (χ2v) is 20.4. The number of rotatable bonds is 45. The van der Waals surface area contributed by atoms with Crippen molar-refractivity contribution in [2.45, 2.75) is 278 Å². The molecular formula is C57H104N4O6. The summed E-state index contributed by atoms with van der Waals surface area (Å²) in [7, 11) is 0. The van der Waals surface area contributed by atoms with Crippen molar-refractivity contribution in [1.82, 2.24) is 20.9 Å². The minimum atomic E-state index is -0.887. The van der Waals surface area contributed by atoms with Crippen LogP contribution in [0.5, 0.6) is 0 Å². The maximum Gasteiger partial charge on any atom is 0.408 e. The predicted octanol–water partition coefficient (Wildman–Crippen LogP) is 15.4. The van der Waals surface area contributed by atoms with Crippen molar-refractivity contribution in [3.05, 3.63) is 35.9 Å². The van der Waals surface area contributed by atoms with Gasteiger partial charge in [0, 0.05) is 19.6 Å². The van der Waals surface area contributed by atoms with Gasteiger partial charge in [-0.1, -0.05) is 237 Å². The van der Waals surface area contributed by atoms with Crippen LogP contribution in [-0.2, 0) is 25.7 Å². The number of hydrogen-bond acceptors (Lipinski definition) is 6. The minimum Gasteiger partial charge on any atom is -0.445 e. The molecule has 0 fully saturated rings. The Balaban J connectivity index is 2.56. The third-order valence-electron chi connectivity index (χ3n) is 12.7. The molecule has 10 nitrogen and oxygen atoms in total. The number of benzene rings is 1. The lowest BCUT2D eigenvalue weighted by Crippen LogP contribution is -2.50. The van der Waals surface area contributed by atoms with E-state index in [9.17, 15) is 19.2 Å². The number of unbranched alkanes of at least 4 members (excludes halogenated alkanes) is 31. The van der Waals surface area contributed by atoms with Crippen molar-refractivity contribution in [3.8, 4) is 0 Å². The minimum absolute atomic E-state index is 0.0792. The SMILES string of the molecule is CCCCCCCCCCCCCCCCCCN(CCCCCCCCCCCCCCCCCC)C(=O)CNC(=O)[C@H](CCCCNC(=O)OCc1ccccc1)NC(=O)OC(C)(C)C. The van der Waals surface area contributed by atoms with Crippen LogP contribution in [-0.4, -0.2) is 66.7 Å². The number of carbonyl (C=O) groups excluding carboxylic acids is 4. The molecule has 10 heteroatoms. The largest absolute Gasteiger partial charge is 0.445 e. The van der Waals surface area contributed by atoms with Crippen molar-refractivity contribution >= 4 is 24.0 Å². The zero-order valence-electron chi connectivity index (χ0n) is 44.1. The molecule has 0 radical (unpaired) electrons. The molecule has 1 rings (SSSR count). The third kappa shape index (κ3) is 40.3. The van der Waals surface area contributed by atoms with Gasteiger partial charge in [0.2, 0.25) is 11.8 Å². The second kappa shape index (κ2) is 43.9. The van der Waals surface area contributed by atoms with E-state index < -0.39 is 29.7 Å². The Hall–Kier alpha value is -3.30. The second-order valence-electron chi connectivity index (χ2n) is 20.4. The van der Waals surface area contributed by atoms with E-state index in [2.05, 4.69) is 29.8 Å². The quantitative estimate of drug-likeness (QED) is 0.0559. The Kier molecular flexibility index (Phi) is 40.5. The van der Waals surface area contributed by atoms with Gasteiger partial charge >= 0.3 is 12.2 Å². The molecule has 0 aliphatic heterocycles. The molecular weight excluding hydrogens is 837 g/mol. The van der Waals surface area contributed by atoms with Crippen LogP contribution in [0.15, 0.2) is 30.3 Å². The highest BCUT2D eigenvalue weighted by Crippen LogP contribution is 2.17. The lowest BCUT2D eigenvalue weighted by Gasteiger charge is -2.25. The lowest BCUT2D eigenvalue weighted by atomic mass is 10.0. The molecule has 0 aromatic heterocycles. The molecule has 0 bridgehead atoms. The Bertz CT molecular complexity index is 1290. The van der Waals surface area contributed by atoms with Gasteiger partial charge in [0.1, 0.15) is 18.2 Å². The van der Waals surface area contributed by atoms with E-state index in [1.807, 2.05) is 35.2 Å². The van der Waals surface area contributed by atoms with Gasteiger partial charge < -0.3 is 30.3 Å². The van der Waals surface area contributed by atoms with Crippen LogP contribution in [0.1, 0.15) is 265 Å². The summed E-state index contributed by atoms with van der Waals surface area (Å²) >= 11 is 0. The normalized spacial score (nSPS) is 11.8. The van der Waals surface area contributed by atoms with Gasteiger partial charge in [0.15, 0.2) is 0 Å². The van der Waals surface area contributed by atoms with E-state index in [1.54, 1.807) is 20.8 Å². The number of nitrogens with zero attached hydrogens (tertiary/aromatic N) is 1. The van der Waals surface area contributed by atoms with Crippen molar-refractivity contribution in [2.75, 3.05) is 26.2 Å². The molecule has 67 heavy (non-hydrogen) atoms. The first kappa shape index (κ1) is 61.7. The smallest absolute Gasteiger partial charge is 0.408 e. The molecule has 4 amide bonds. The average Bonchev–Trinajstić information content (AvgIpc) is 3.30. The van der Waals surface area contributed by atoms with Crippen molar-refractivity contribution in [2.24, 2.45) is 0 Å². The molecule has 0 spiro atoms. The highest BCUT2D eigenvalue weighted by atomic mass is 16.6. The summed E-state index contributed by atoms with van der Waals surface area (Å²) in [4.78, 5) is 54.2. The fourth-order valence-electron chi connectivity index (χ4n) is 8.62. The van der Waals surface area contributed by atoms with Crippen LogP contribution in [0.3, 0.4) is 0 Å². The standard InChI is InChI=1S/C57H104N4O6/c1-6-8-10-12-14-16-18-20-22-24-26-28-30-32-34-41-47-61(48-42-35-33-31-29-27-25-23-21-19-17-15-13-11-9-7-2)53(62)49-59-54(63)52(60-56(65)67-57(3,4)5)45-39-40-46-58-55(64)66-50-51-43-37-36-38-44-51/h36-38,43-44,52H,6-35,39-42,45-50H2,1-5H3,(H,58,64)(H,59,63)(H,60,65)/t52-/m0/s1. The van der Waals surface area contributed by atoms with E-state index in [-0.39, 0.29) is 19.1 Å². The Morgan fingerprint density at radius 1 is 0.507 bits per heavy atom. The van der Waals surface area contributed by atoms with Crippen LogP contribution in [0.25, 0.3) is 0 Å². The number of nitrogens with one attached hydrogen (secondary N) is 3. The van der Waals surface area contributed by atoms with E-state index in [0.29, 0.717) is 38.9 Å². The Morgan fingerprint density at radius 2 is 0.910 bits per heavy atom. The van der Waals surface area contributed by atoms with Crippen molar-refractivity contribution in [1.29, 1.82) is 0 Å². The van der Waals surface area contributed by atoms with E-state index in [4.69, 9.17) is 9.47 Å². The molecule has 1 aromatic rings. The zero-order chi connectivity index (χ0) is 48.9. The summed E-state index contributed by atoms with van der Waals surface area (Å²) in [5.41, 5.74) is 0.173. The van der Waals surface area contributed by atoms with E-state index in [1.165, 1.54) is 180 Å². The summed E-state index contributed by atoms with van der Waals surface area (Å²) in [5.74, 6) is -0.497. The molecule has 0 aliphatic rings. The summed E-state index contributed by atoms with van der Waals surface area (Å²) in [6.45, 7) is 11.7. The van der Waals surface area contributed by atoms with Gasteiger partial charge in [-0.3, -0.25) is 9.59 Å². The van der Waals surface area contributed by atoms with E-state index >= 15 is 0 Å². The Morgan fingerprint density at radius 3 is 1.31 bits per heavy atom. The van der Waals surface area contributed by atoms with Gasteiger partial charge in [-0.15, -0.1) is 0 Å². The first-order chi connectivity index (χ1) is 32.6. The van der Waals surface area contributed by atoms with Gasteiger partial charge in [-0.05, 0) is 58.4 Å².